The molecule has 0 spiro atoms. The smallest absolute Gasteiger partial charge is 0.132 e. The highest BCUT2D eigenvalue weighted by Gasteiger charge is 2.07. The van der Waals surface area contributed by atoms with Crippen LogP contribution in [0.25, 0.3) is 0 Å². The first-order valence-electron chi connectivity index (χ1n) is 4.95. The third-order valence-corrected chi connectivity index (χ3v) is 2.23. The topological polar surface area (TPSA) is 33.2 Å². The zero-order valence-electron chi connectivity index (χ0n) is 8.73. The maximum absolute atomic E-state index is 10.5. The third kappa shape index (κ3) is 2.31. The van der Waals surface area contributed by atoms with Crippen LogP contribution in [0.15, 0.2) is 18.3 Å². The molecule has 1 heterocycles. The fourth-order valence-corrected chi connectivity index (χ4v) is 1.49. The van der Waals surface area contributed by atoms with Crippen molar-refractivity contribution in [2.45, 2.75) is 20.3 Å². The summed E-state index contributed by atoms with van der Waals surface area (Å²) in [4.78, 5) is 16.9. The number of hydrogen-bond donors (Lipinski definition) is 0. The molecule has 0 aliphatic carbocycles. The molecule has 1 aromatic heterocycles. The van der Waals surface area contributed by atoms with E-state index in [4.69, 9.17) is 0 Å². The number of aromatic nitrogens is 1. The molecule has 14 heavy (non-hydrogen) atoms. The van der Waals surface area contributed by atoms with Gasteiger partial charge in [-0.05, 0) is 19.9 Å². The quantitative estimate of drug-likeness (QED) is 0.665. The van der Waals surface area contributed by atoms with E-state index in [9.17, 15) is 4.79 Å². The Morgan fingerprint density at radius 2 is 2.14 bits per heavy atom. The molecule has 1 rings (SSSR count). The number of aldehydes is 1. The summed E-state index contributed by atoms with van der Waals surface area (Å²) in [5.41, 5.74) is 1.01. The van der Waals surface area contributed by atoms with E-state index in [0.29, 0.717) is 6.42 Å². The van der Waals surface area contributed by atoms with Gasteiger partial charge in [0.2, 0.25) is 0 Å². The Balaban J connectivity index is 2.98. The van der Waals surface area contributed by atoms with Crippen molar-refractivity contribution in [2.75, 3.05) is 18.0 Å². The highest BCUT2D eigenvalue weighted by atomic mass is 16.1. The van der Waals surface area contributed by atoms with Crippen LogP contribution in [0.2, 0.25) is 0 Å². The van der Waals surface area contributed by atoms with Crippen LogP contribution in [0.1, 0.15) is 19.4 Å². The largest absolute Gasteiger partial charge is 0.357 e. The molecule has 0 radical (unpaired) electrons. The molecule has 3 heteroatoms. The normalized spacial score (nSPS) is 9.86. The summed E-state index contributed by atoms with van der Waals surface area (Å²) in [6.45, 7) is 6.00. The Labute approximate surface area is 84.8 Å². The summed E-state index contributed by atoms with van der Waals surface area (Å²) in [6, 6.07) is 3.82. The first kappa shape index (κ1) is 10.7. The molecule has 0 atom stereocenters. The second-order valence-corrected chi connectivity index (χ2v) is 3.03. The molecule has 0 saturated heterocycles. The molecule has 3 nitrogen and oxygen atoms in total. The van der Waals surface area contributed by atoms with Crippen molar-refractivity contribution in [1.29, 1.82) is 0 Å². The number of pyridine rings is 1. The fraction of sp³-hybridized carbons (Fsp3) is 0.455. The number of carbonyl (C=O) groups excluding carboxylic acids is 1. The predicted octanol–water partition coefficient (Wildman–Crippen LogP) is 1.67. The van der Waals surface area contributed by atoms with Crippen LogP contribution in [0, 0.1) is 0 Å². The van der Waals surface area contributed by atoms with Crippen LogP contribution in [-0.4, -0.2) is 24.4 Å². The van der Waals surface area contributed by atoms with Crippen molar-refractivity contribution in [1.82, 2.24) is 4.98 Å². The van der Waals surface area contributed by atoms with Gasteiger partial charge in [-0.3, -0.25) is 0 Å². The average Bonchev–Trinajstić information content (AvgIpc) is 2.23. The van der Waals surface area contributed by atoms with E-state index in [0.717, 1.165) is 30.8 Å². The van der Waals surface area contributed by atoms with Crippen LogP contribution in [-0.2, 0) is 11.2 Å². The summed E-state index contributed by atoms with van der Waals surface area (Å²) in [5, 5.41) is 0. The lowest BCUT2D eigenvalue weighted by molar-refractivity contribution is -0.107. The monoisotopic (exact) mass is 192 g/mol. The minimum Gasteiger partial charge on any atom is -0.357 e. The second-order valence-electron chi connectivity index (χ2n) is 3.03. The van der Waals surface area contributed by atoms with E-state index in [2.05, 4.69) is 23.7 Å². The first-order chi connectivity index (χ1) is 6.83. The Hall–Kier alpha value is -1.38. The zero-order chi connectivity index (χ0) is 10.4. The lowest BCUT2D eigenvalue weighted by atomic mass is 10.2. The van der Waals surface area contributed by atoms with E-state index in [1.54, 1.807) is 6.20 Å². The van der Waals surface area contributed by atoms with Gasteiger partial charge >= 0.3 is 0 Å². The fourth-order valence-electron chi connectivity index (χ4n) is 1.49. The van der Waals surface area contributed by atoms with Gasteiger partial charge in [0.15, 0.2) is 0 Å². The van der Waals surface area contributed by atoms with E-state index >= 15 is 0 Å². The van der Waals surface area contributed by atoms with Gasteiger partial charge in [-0.15, -0.1) is 0 Å². The Morgan fingerprint density at radius 1 is 1.43 bits per heavy atom. The second kappa shape index (κ2) is 5.37. The number of carbonyl (C=O) groups is 1. The van der Waals surface area contributed by atoms with Gasteiger partial charge in [0.05, 0.1) is 0 Å². The van der Waals surface area contributed by atoms with Crippen molar-refractivity contribution < 1.29 is 4.79 Å². The molecule has 0 bridgehead atoms. The van der Waals surface area contributed by atoms with Crippen LogP contribution in [0.5, 0.6) is 0 Å². The number of nitrogens with zero attached hydrogens (tertiary/aromatic N) is 2. The van der Waals surface area contributed by atoms with Gasteiger partial charge in [-0.1, -0.05) is 6.07 Å². The molecule has 0 aliphatic rings. The van der Waals surface area contributed by atoms with Crippen LogP contribution >= 0.6 is 0 Å². The van der Waals surface area contributed by atoms with E-state index in [1.165, 1.54) is 0 Å². The molecule has 0 saturated carbocycles. The van der Waals surface area contributed by atoms with Crippen LogP contribution in [0.3, 0.4) is 0 Å². The predicted molar refractivity (Wildman–Crippen MR) is 57.6 cm³/mol. The highest BCUT2D eigenvalue weighted by molar-refractivity contribution is 5.60. The first-order valence-corrected chi connectivity index (χ1v) is 4.95. The lowest BCUT2D eigenvalue weighted by Gasteiger charge is -2.21. The average molecular weight is 192 g/mol. The number of rotatable bonds is 5. The molecule has 0 unspecified atom stereocenters. The summed E-state index contributed by atoms with van der Waals surface area (Å²) in [7, 11) is 0. The minimum atomic E-state index is 0.444. The van der Waals surface area contributed by atoms with Crippen molar-refractivity contribution in [3.8, 4) is 0 Å². The van der Waals surface area contributed by atoms with E-state index in [1.807, 2.05) is 12.1 Å². The van der Waals surface area contributed by atoms with Crippen molar-refractivity contribution in [3.05, 3.63) is 23.9 Å². The Morgan fingerprint density at radius 3 is 2.71 bits per heavy atom. The molecule has 0 N–H and O–H groups in total. The molecule has 0 aromatic carbocycles. The van der Waals surface area contributed by atoms with E-state index < -0.39 is 0 Å². The summed E-state index contributed by atoms with van der Waals surface area (Å²) < 4.78 is 0. The molecular weight excluding hydrogens is 176 g/mol. The number of hydrogen-bond acceptors (Lipinski definition) is 3. The Kier molecular flexibility index (Phi) is 4.11. The molecule has 0 amide bonds. The molecule has 1 aromatic rings. The summed E-state index contributed by atoms with van der Waals surface area (Å²) in [6.07, 6.45) is 3.13. The summed E-state index contributed by atoms with van der Waals surface area (Å²) >= 11 is 0. The number of anilines is 1. The molecule has 0 aliphatic heterocycles. The van der Waals surface area contributed by atoms with Crippen molar-refractivity contribution >= 4 is 12.1 Å². The van der Waals surface area contributed by atoms with Gasteiger partial charge < -0.3 is 9.69 Å². The molecule has 0 fully saturated rings. The maximum atomic E-state index is 10.5. The van der Waals surface area contributed by atoms with Gasteiger partial charge in [0.1, 0.15) is 12.1 Å². The van der Waals surface area contributed by atoms with Gasteiger partial charge in [-0.2, -0.15) is 0 Å². The zero-order valence-corrected chi connectivity index (χ0v) is 8.73. The van der Waals surface area contributed by atoms with Gasteiger partial charge in [0, 0.05) is 31.3 Å². The van der Waals surface area contributed by atoms with Gasteiger partial charge in [0.25, 0.3) is 0 Å². The summed E-state index contributed by atoms with van der Waals surface area (Å²) in [5.74, 6) is 0.935. The molecule has 76 valence electrons. The Bertz CT molecular complexity index is 295. The van der Waals surface area contributed by atoms with Crippen molar-refractivity contribution in [2.24, 2.45) is 0 Å². The van der Waals surface area contributed by atoms with Crippen molar-refractivity contribution in [3.63, 3.8) is 0 Å². The van der Waals surface area contributed by atoms with E-state index in [-0.39, 0.29) is 0 Å². The SMILES string of the molecule is CCN(CC)c1ncccc1CC=O. The van der Waals surface area contributed by atoms with Crippen LogP contribution in [0.4, 0.5) is 5.82 Å². The van der Waals surface area contributed by atoms with Crippen LogP contribution < -0.4 is 4.90 Å². The minimum absolute atomic E-state index is 0.444. The maximum Gasteiger partial charge on any atom is 0.132 e. The third-order valence-electron chi connectivity index (χ3n) is 2.23. The standard InChI is InChI=1S/C11H16N2O/c1-3-13(4-2)11-10(7-9-14)6-5-8-12-11/h5-6,8-9H,3-4,7H2,1-2H3. The lowest BCUT2D eigenvalue weighted by Crippen LogP contribution is -2.24. The molecular formula is C11H16N2O. The highest BCUT2D eigenvalue weighted by Crippen LogP contribution is 2.16. The van der Waals surface area contributed by atoms with Gasteiger partial charge in [-0.25, -0.2) is 4.98 Å².